The van der Waals surface area contributed by atoms with E-state index in [0.717, 1.165) is 30.2 Å². The van der Waals surface area contributed by atoms with E-state index in [1.54, 1.807) is 16.2 Å². The van der Waals surface area contributed by atoms with E-state index in [-0.39, 0.29) is 11.5 Å². The first-order chi connectivity index (χ1) is 14.2. The molecular weight excluding hydrogens is 389 g/mol. The first kappa shape index (κ1) is 18.1. The number of piperazine rings is 1. The van der Waals surface area contributed by atoms with Gasteiger partial charge in [-0.3, -0.25) is 19.7 Å². The van der Waals surface area contributed by atoms with Gasteiger partial charge in [0, 0.05) is 44.6 Å². The lowest BCUT2D eigenvalue weighted by Crippen LogP contribution is -2.48. The van der Waals surface area contributed by atoms with Crippen molar-refractivity contribution in [1.82, 2.24) is 24.8 Å². The lowest BCUT2D eigenvalue weighted by atomic mass is 10.1. The van der Waals surface area contributed by atoms with Gasteiger partial charge in [-0.25, -0.2) is 9.37 Å². The van der Waals surface area contributed by atoms with Gasteiger partial charge in [0.2, 0.25) is 0 Å². The van der Waals surface area contributed by atoms with Crippen LogP contribution < -0.4 is 0 Å². The molecule has 1 amide bonds. The maximum absolute atomic E-state index is 14.0. The minimum atomic E-state index is -0.476. The van der Waals surface area contributed by atoms with Crippen molar-refractivity contribution in [3.63, 3.8) is 0 Å². The number of hydrogen-bond acceptors (Lipinski definition) is 6. The zero-order valence-corrected chi connectivity index (χ0v) is 16.4. The molecule has 146 valence electrons. The van der Waals surface area contributed by atoms with E-state index < -0.39 is 5.82 Å². The molecule has 0 radical (unpaired) electrons. The summed E-state index contributed by atoms with van der Waals surface area (Å²) < 4.78 is 15.2. The predicted octanol–water partition coefficient (Wildman–Crippen LogP) is 3.34. The van der Waals surface area contributed by atoms with Crippen LogP contribution in [0.4, 0.5) is 4.39 Å². The molecule has 0 bridgehead atoms. The number of rotatable bonds is 3. The summed E-state index contributed by atoms with van der Waals surface area (Å²) in [6.07, 6.45) is 3.02. The third-order valence-corrected chi connectivity index (χ3v) is 6.15. The van der Waals surface area contributed by atoms with Gasteiger partial charge >= 0.3 is 0 Å². The minimum absolute atomic E-state index is 0.199. The Hall–Kier alpha value is -2.97. The Bertz CT molecular complexity index is 1170. The quantitative estimate of drug-likeness (QED) is 0.521. The van der Waals surface area contributed by atoms with Crippen LogP contribution in [0.15, 0.2) is 48.8 Å². The van der Waals surface area contributed by atoms with Crippen molar-refractivity contribution >= 4 is 38.5 Å². The van der Waals surface area contributed by atoms with E-state index in [1.165, 1.54) is 29.2 Å². The Morgan fingerprint density at radius 3 is 2.66 bits per heavy atom. The molecule has 1 fully saturated rings. The van der Waals surface area contributed by atoms with E-state index in [2.05, 4.69) is 20.9 Å². The van der Waals surface area contributed by atoms with Gasteiger partial charge in [0.1, 0.15) is 16.3 Å². The zero-order chi connectivity index (χ0) is 19.8. The van der Waals surface area contributed by atoms with Crippen LogP contribution in [-0.2, 0) is 6.54 Å². The number of hydrogen-bond donors (Lipinski definition) is 0. The van der Waals surface area contributed by atoms with Gasteiger partial charge in [0.05, 0.1) is 27.8 Å². The zero-order valence-electron chi connectivity index (χ0n) is 15.6. The smallest absolute Gasteiger partial charge is 0.256 e. The van der Waals surface area contributed by atoms with Crippen molar-refractivity contribution in [3.8, 4) is 0 Å². The highest BCUT2D eigenvalue weighted by Crippen LogP contribution is 2.24. The Morgan fingerprint density at radius 2 is 1.83 bits per heavy atom. The number of thiazole rings is 1. The number of para-hydroxylation sites is 1. The molecule has 0 unspecified atom stereocenters. The highest BCUT2D eigenvalue weighted by molar-refractivity contribution is 7.18. The molecule has 1 aliphatic rings. The summed E-state index contributed by atoms with van der Waals surface area (Å²) in [5.41, 5.74) is 2.13. The van der Waals surface area contributed by atoms with Crippen molar-refractivity contribution in [1.29, 1.82) is 0 Å². The molecule has 29 heavy (non-hydrogen) atoms. The summed E-state index contributed by atoms with van der Waals surface area (Å²) in [6, 6.07) is 10.7. The molecule has 0 N–H and O–H groups in total. The fraction of sp³-hybridized carbons (Fsp3) is 0.238. The van der Waals surface area contributed by atoms with Crippen LogP contribution in [0.1, 0.15) is 15.4 Å². The lowest BCUT2D eigenvalue weighted by molar-refractivity contribution is 0.0629. The summed E-state index contributed by atoms with van der Waals surface area (Å²) in [4.78, 5) is 30.1. The maximum atomic E-state index is 14.0. The molecule has 2 aromatic carbocycles. The standard InChI is InChI=1S/C21H18FN5OS/c22-14-11-15(20-17(12-14)23-5-6-24-20)21(28)27-9-7-26(8-10-27)13-19-25-16-3-1-2-4-18(16)29-19/h1-6,11-12H,7-10,13H2. The number of carbonyl (C=O) groups is 1. The van der Waals surface area contributed by atoms with Crippen LogP contribution in [0.25, 0.3) is 21.3 Å². The molecule has 0 spiro atoms. The second kappa shape index (κ2) is 7.46. The molecule has 0 saturated carbocycles. The van der Waals surface area contributed by atoms with Crippen molar-refractivity contribution < 1.29 is 9.18 Å². The Balaban J connectivity index is 1.29. The summed E-state index contributed by atoms with van der Waals surface area (Å²) in [7, 11) is 0. The van der Waals surface area contributed by atoms with Crippen LogP contribution in [0.5, 0.6) is 0 Å². The average molecular weight is 407 g/mol. The van der Waals surface area contributed by atoms with Crippen LogP contribution in [0, 0.1) is 5.82 Å². The molecule has 5 rings (SSSR count). The van der Waals surface area contributed by atoms with Gasteiger partial charge in [-0.05, 0) is 18.2 Å². The van der Waals surface area contributed by atoms with Crippen molar-refractivity contribution in [2.75, 3.05) is 26.2 Å². The largest absolute Gasteiger partial charge is 0.336 e. The molecule has 4 aromatic rings. The number of aromatic nitrogens is 3. The van der Waals surface area contributed by atoms with Gasteiger partial charge in [-0.1, -0.05) is 12.1 Å². The normalized spacial score (nSPS) is 15.3. The van der Waals surface area contributed by atoms with Crippen molar-refractivity contribution in [3.05, 3.63) is 65.2 Å². The van der Waals surface area contributed by atoms with Gasteiger partial charge in [0.25, 0.3) is 5.91 Å². The lowest BCUT2D eigenvalue weighted by Gasteiger charge is -2.34. The second-order valence-electron chi connectivity index (χ2n) is 7.02. The van der Waals surface area contributed by atoms with Crippen LogP contribution >= 0.6 is 11.3 Å². The number of benzene rings is 2. The first-order valence-electron chi connectivity index (χ1n) is 9.44. The summed E-state index contributed by atoms with van der Waals surface area (Å²) in [6.45, 7) is 3.45. The molecule has 8 heteroatoms. The molecular formula is C21H18FN5OS. The Kier molecular flexibility index (Phi) is 4.65. The molecule has 3 heterocycles. The predicted molar refractivity (Wildman–Crippen MR) is 110 cm³/mol. The number of fused-ring (bicyclic) bond motifs is 2. The monoisotopic (exact) mass is 407 g/mol. The Morgan fingerprint density at radius 1 is 1.03 bits per heavy atom. The maximum Gasteiger partial charge on any atom is 0.256 e. The molecule has 2 aromatic heterocycles. The number of halogens is 1. The average Bonchev–Trinajstić information content (AvgIpc) is 3.15. The van der Waals surface area contributed by atoms with Gasteiger partial charge < -0.3 is 4.90 Å². The molecule has 1 saturated heterocycles. The van der Waals surface area contributed by atoms with E-state index in [9.17, 15) is 9.18 Å². The number of nitrogens with zero attached hydrogens (tertiary/aromatic N) is 5. The topological polar surface area (TPSA) is 62.2 Å². The number of carbonyl (C=O) groups excluding carboxylic acids is 1. The van der Waals surface area contributed by atoms with Crippen LogP contribution in [-0.4, -0.2) is 56.8 Å². The minimum Gasteiger partial charge on any atom is -0.336 e. The molecule has 0 atom stereocenters. The van der Waals surface area contributed by atoms with Gasteiger partial charge in [-0.15, -0.1) is 11.3 Å². The summed E-state index contributed by atoms with van der Waals surface area (Å²) >= 11 is 1.71. The number of amides is 1. The fourth-order valence-corrected chi connectivity index (χ4v) is 4.67. The highest BCUT2D eigenvalue weighted by Gasteiger charge is 2.25. The van der Waals surface area contributed by atoms with Crippen LogP contribution in [0.3, 0.4) is 0 Å². The molecule has 6 nitrogen and oxygen atoms in total. The third kappa shape index (κ3) is 3.56. The first-order valence-corrected chi connectivity index (χ1v) is 10.3. The van der Waals surface area contributed by atoms with Crippen molar-refractivity contribution in [2.24, 2.45) is 0 Å². The molecule has 1 aliphatic heterocycles. The third-order valence-electron chi connectivity index (χ3n) is 5.13. The van der Waals surface area contributed by atoms with E-state index in [1.807, 2.05) is 18.2 Å². The van der Waals surface area contributed by atoms with E-state index >= 15 is 0 Å². The second-order valence-corrected chi connectivity index (χ2v) is 8.14. The fourth-order valence-electron chi connectivity index (χ4n) is 3.66. The van der Waals surface area contributed by atoms with Gasteiger partial charge in [0.15, 0.2) is 0 Å². The summed E-state index contributed by atoms with van der Waals surface area (Å²) in [5, 5.41) is 1.08. The van der Waals surface area contributed by atoms with E-state index in [4.69, 9.17) is 4.98 Å². The van der Waals surface area contributed by atoms with Crippen LogP contribution in [0.2, 0.25) is 0 Å². The molecule has 0 aliphatic carbocycles. The summed E-state index contributed by atoms with van der Waals surface area (Å²) in [5.74, 6) is -0.676. The van der Waals surface area contributed by atoms with Crippen molar-refractivity contribution in [2.45, 2.75) is 6.54 Å². The van der Waals surface area contributed by atoms with E-state index in [0.29, 0.717) is 24.1 Å². The highest BCUT2D eigenvalue weighted by atomic mass is 32.1. The van der Waals surface area contributed by atoms with Gasteiger partial charge in [-0.2, -0.15) is 0 Å². The Labute approximate surface area is 170 Å². The SMILES string of the molecule is O=C(c1cc(F)cc2nccnc12)N1CCN(Cc2nc3ccccc3s2)CC1.